The average Bonchev–Trinajstić information content (AvgIpc) is 3.41. The molecule has 14 heteroatoms. The summed E-state index contributed by atoms with van der Waals surface area (Å²) >= 11 is 0. The van der Waals surface area contributed by atoms with Crippen molar-refractivity contribution in [1.82, 2.24) is 9.80 Å². The Hall–Kier alpha value is -8.20. The zero-order valence-electron chi connectivity index (χ0n) is 45.2. The van der Waals surface area contributed by atoms with Crippen molar-refractivity contribution in [2.75, 3.05) is 82.9 Å². The number of hydrogen-bond acceptors (Lipinski definition) is 14. The molecule has 396 valence electrons. The molecule has 0 saturated heterocycles. The number of benzene rings is 6. The molecule has 0 unspecified atom stereocenters. The summed E-state index contributed by atoms with van der Waals surface area (Å²) in [6.45, 7) is 8.47. The summed E-state index contributed by atoms with van der Waals surface area (Å²) in [6.07, 6.45) is 0.704. The molecule has 0 spiro atoms. The monoisotopic (exact) mass is 1030 g/mol. The lowest BCUT2D eigenvalue weighted by molar-refractivity contribution is 0.0984. The highest BCUT2D eigenvalue weighted by Gasteiger charge is 2.23. The third kappa shape index (κ3) is 13.4. The van der Waals surface area contributed by atoms with Crippen LogP contribution < -0.4 is 39.7 Å². The number of fused-ring (bicyclic) bond motifs is 2. The van der Waals surface area contributed by atoms with Crippen LogP contribution in [-0.2, 0) is 12.8 Å². The number of ketones is 2. The first-order chi connectivity index (χ1) is 36.5. The maximum atomic E-state index is 13.3. The highest BCUT2D eigenvalue weighted by atomic mass is 16.5. The van der Waals surface area contributed by atoms with Crippen LogP contribution in [0.25, 0.3) is 44.2 Å². The SMILES string of the molecule is COc1ccc(C(=O)Cc2cc3cc(OC)c(OCCN(C)C)c(OC)c3oc2=O)cc1-c1cccc(C)c1.COc1ccc(C(=O)Cc2cc3ccc(OCCCN(C)C)c(C)c3oc2=O)cc1-c1cccc(C)c1. The van der Waals surface area contributed by atoms with E-state index in [2.05, 4.69) is 4.90 Å². The number of carbonyl (C=O) groups excluding carboxylic acids is 2. The average molecular weight is 1030 g/mol. The molecule has 0 atom stereocenters. The normalized spacial score (nSPS) is 11.1. The third-order valence-corrected chi connectivity index (χ3v) is 12.8. The van der Waals surface area contributed by atoms with Crippen LogP contribution in [-0.4, -0.2) is 104 Å². The first-order valence-electron chi connectivity index (χ1n) is 24.9. The van der Waals surface area contributed by atoms with Crippen molar-refractivity contribution >= 4 is 33.5 Å². The third-order valence-electron chi connectivity index (χ3n) is 12.8. The van der Waals surface area contributed by atoms with Gasteiger partial charge in [0.1, 0.15) is 29.4 Å². The molecule has 0 N–H and O–H groups in total. The summed E-state index contributed by atoms with van der Waals surface area (Å²) < 4.78 is 45.3. The van der Waals surface area contributed by atoms with Gasteiger partial charge in [-0.3, -0.25) is 9.59 Å². The molecule has 0 aliphatic carbocycles. The van der Waals surface area contributed by atoms with Gasteiger partial charge in [0.25, 0.3) is 0 Å². The van der Waals surface area contributed by atoms with Crippen molar-refractivity contribution in [3.05, 3.63) is 175 Å². The number of aryl methyl sites for hydroxylation is 3. The molecular weight excluding hydrogens is 965 g/mol. The second kappa shape index (κ2) is 25.4. The number of hydrogen-bond donors (Lipinski definition) is 0. The van der Waals surface area contributed by atoms with E-state index in [0.29, 0.717) is 76.2 Å². The molecule has 0 radical (unpaired) electrons. The van der Waals surface area contributed by atoms with E-state index >= 15 is 0 Å². The molecule has 0 bridgehead atoms. The highest BCUT2D eigenvalue weighted by molar-refractivity contribution is 6.00. The number of Topliss-reactive ketones (excluding diaryl/α,β-unsaturated/α-hetero) is 2. The van der Waals surface area contributed by atoms with Gasteiger partial charge < -0.3 is 47.1 Å². The summed E-state index contributed by atoms with van der Waals surface area (Å²) in [6, 6.07) is 35.4. The van der Waals surface area contributed by atoms with Crippen molar-refractivity contribution < 1.29 is 46.8 Å². The van der Waals surface area contributed by atoms with Gasteiger partial charge >= 0.3 is 11.3 Å². The molecule has 76 heavy (non-hydrogen) atoms. The van der Waals surface area contributed by atoms with E-state index in [1.807, 2.05) is 121 Å². The van der Waals surface area contributed by atoms with Crippen LogP contribution in [0.3, 0.4) is 0 Å². The van der Waals surface area contributed by atoms with Gasteiger partial charge in [0.2, 0.25) is 11.5 Å². The van der Waals surface area contributed by atoms with Crippen LogP contribution in [0, 0.1) is 20.8 Å². The fraction of sp³-hybridized carbons (Fsp3) is 0.290. The van der Waals surface area contributed by atoms with Crippen LogP contribution >= 0.6 is 0 Å². The van der Waals surface area contributed by atoms with Crippen LogP contribution in [0.2, 0.25) is 0 Å². The molecule has 14 nitrogen and oxygen atoms in total. The standard InChI is InChI=1S/C31H33NO7.C31H33NO5/c1-19-8-7-9-20(14-19)24-16-21(10-11-26(24)35-4)25(33)17-23-15-22-18-27(36-5)29(38-13-12-32(2)3)30(37-6)28(22)39-31(23)34;1-20-8-6-9-22(16-20)26-18-23(10-13-29(26)35-5)27(33)19-25-17-24-11-12-28(36-15-7-14-32(3)4)21(2)30(24)37-31(25)34/h7-11,14-16,18H,12-13,17H2,1-6H3;6,8-13,16-18H,7,14-15,19H2,1-5H3. The summed E-state index contributed by atoms with van der Waals surface area (Å²) in [5.74, 6) is 2.69. The maximum Gasteiger partial charge on any atom is 0.340 e. The van der Waals surface area contributed by atoms with E-state index in [4.69, 9.17) is 37.3 Å². The Balaban J connectivity index is 0.000000221. The fourth-order valence-electron chi connectivity index (χ4n) is 8.74. The molecule has 2 aromatic heterocycles. The first kappa shape index (κ1) is 55.5. The van der Waals surface area contributed by atoms with E-state index < -0.39 is 11.3 Å². The van der Waals surface area contributed by atoms with Gasteiger partial charge in [0.15, 0.2) is 22.9 Å². The quantitative estimate of drug-likeness (QED) is 0.0380. The number of likely N-dealkylation sites (N-methyl/N-ethyl adjacent to an activating group) is 1. The first-order valence-corrected chi connectivity index (χ1v) is 24.9. The van der Waals surface area contributed by atoms with Gasteiger partial charge in [-0.25, -0.2) is 9.59 Å². The van der Waals surface area contributed by atoms with Crippen molar-refractivity contribution in [3.8, 4) is 56.8 Å². The predicted octanol–water partition coefficient (Wildman–Crippen LogP) is 11.0. The number of nitrogens with zero attached hydrogens (tertiary/aromatic N) is 2. The van der Waals surface area contributed by atoms with Crippen molar-refractivity contribution in [2.24, 2.45) is 0 Å². The molecule has 0 aliphatic heterocycles. The fourth-order valence-corrected chi connectivity index (χ4v) is 8.74. The molecule has 0 saturated carbocycles. The Morgan fingerprint density at radius 2 is 1.00 bits per heavy atom. The minimum absolute atomic E-state index is 0.0559. The summed E-state index contributed by atoms with van der Waals surface area (Å²) in [5.41, 5.74) is 7.62. The maximum absolute atomic E-state index is 13.3. The minimum atomic E-state index is -0.619. The zero-order chi connectivity index (χ0) is 54.6. The van der Waals surface area contributed by atoms with E-state index in [1.54, 1.807) is 62.8 Å². The highest BCUT2D eigenvalue weighted by Crippen LogP contribution is 2.43. The van der Waals surface area contributed by atoms with E-state index in [1.165, 1.54) is 14.2 Å². The Morgan fingerprint density at radius 3 is 1.50 bits per heavy atom. The van der Waals surface area contributed by atoms with Crippen molar-refractivity contribution in [1.29, 1.82) is 0 Å². The Labute approximate surface area is 443 Å². The summed E-state index contributed by atoms with van der Waals surface area (Å²) in [5, 5.41) is 1.32. The second-order valence-electron chi connectivity index (χ2n) is 19.0. The van der Waals surface area contributed by atoms with Gasteiger partial charge in [-0.2, -0.15) is 0 Å². The van der Waals surface area contributed by atoms with E-state index in [0.717, 1.165) is 57.3 Å². The van der Waals surface area contributed by atoms with Crippen molar-refractivity contribution in [3.63, 3.8) is 0 Å². The molecule has 0 fully saturated rings. The summed E-state index contributed by atoms with van der Waals surface area (Å²) in [7, 11) is 14.1. The number of carbonyl (C=O) groups is 2. The number of ether oxygens (including phenoxy) is 6. The number of methoxy groups -OCH3 is 4. The predicted molar refractivity (Wildman–Crippen MR) is 298 cm³/mol. The largest absolute Gasteiger partial charge is 0.496 e. The second-order valence-corrected chi connectivity index (χ2v) is 19.0. The van der Waals surface area contributed by atoms with Crippen LogP contribution in [0.15, 0.2) is 134 Å². The molecule has 8 rings (SSSR count). The van der Waals surface area contributed by atoms with Gasteiger partial charge in [-0.15, -0.1) is 0 Å². The van der Waals surface area contributed by atoms with Crippen molar-refractivity contribution in [2.45, 2.75) is 40.0 Å². The molecule has 8 aromatic rings. The molecule has 2 heterocycles. The lowest BCUT2D eigenvalue weighted by Crippen LogP contribution is -2.20. The Kier molecular flexibility index (Phi) is 18.5. The van der Waals surface area contributed by atoms with Gasteiger partial charge in [-0.05, 0) is 133 Å². The van der Waals surface area contributed by atoms with Crippen LogP contribution in [0.1, 0.15) is 55.0 Å². The molecule has 0 aliphatic rings. The Bertz CT molecular complexity index is 3500. The van der Waals surface area contributed by atoms with Gasteiger partial charge in [0.05, 0.1) is 35.0 Å². The zero-order valence-corrected chi connectivity index (χ0v) is 45.2. The smallest absolute Gasteiger partial charge is 0.340 e. The van der Waals surface area contributed by atoms with Crippen LogP contribution in [0.4, 0.5) is 0 Å². The van der Waals surface area contributed by atoms with Gasteiger partial charge in [0, 0.05) is 75.6 Å². The minimum Gasteiger partial charge on any atom is -0.496 e. The van der Waals surface area contributed by atoms with Gasteiger partial charge in [-0.1, -0.05) is 59.7 Å². The van der Waals surface area contributed by atoms with E-state index in [-0.39, 0.29) is 41.3 Å². The topological polar surface area (TPSA) is 156 Å². The van der Waals surface area contributed by atoms with Crippen LogP contribution in [0.5, 0.6) is 34.5 Å². The lowest BCUT2D eigenvalue weighted by atomic mass is 9.96. The molecular formula is C62H66N2O12. The summed E-state index contributed by atoms with van der Waals surface area (Å²) in [4.78, 5) is 56.5. The van der Waals surface area contributed by atoms with E-state index in [9.17, 15) is 19.2 Å². The lowest BCUT2D eigenvalue weighted by Gasteiger charge is -2.17. The Morgan fingerprint density at radius 1 is 0.487 bits per heavy atom. The molecule has 0 amide bonds. The number of rotatable bonds is 21. The molecule has 6 aromatic carbocycles.